The first-order valence-corrected chi connectivity index (χ1v) is 13.1. The highest BCUT2D eigenvalue weighted by atomic mass is 35.5. The molecular weight excluding hydrogens is 500 g/mol. The van der Waals surface area contributed by atoms with Crippen LogP contribution in [0, 0.1) is 0 Å². The number of nitrogens with zero attached hydrogens (tertiary/aromatic N) is 2. The van der Waals surface area contributed by atoms with Gasteiger partial charge in [0, 0.05) is 10.6 Å². The summed E-state index contributed by atoms with van der Waals surface area (Å²) in [5.74, 6) is 0.577. The standard InChI is InChI=1S/C31H25ClN2O2S/c32-27-16-17-28(36-22-25-14-8-3-9-15-25)26(18-27)19-29-30(35)34(21-24-12-6-2-7-13-24)31(37-29)33-20-23-10-4-1-5-11-23/h1-19H,20-22H2/b29-19+,33-31?. The highest BCUT2D eigenvalue weighted by Crippen LogP contribution is 2.36. The van der Waals surface area contributed by atoms with Gasteiger partial charge < -0.3 is 4.74 Å². The zero-order valence-electron chi connectivity index (χ0n) is 20.1. The van der Waals surface area contributed by atoms with Crippen LogP contribution in [0.5, 0.6) is 5.75 Å². The molecular formula is C31H25ClN2O2S. The van der Waals surface area contributed by atoms with Crippen LogP contribution in [0.25, 0.3) is 6.08 Å². The lowest BCUT2D eigenvalue weighted by Crippen LogP contribution is -2.28. The van der Waals surface area contributed by atoms with Gasteiger partial charge in [0.15, 0.2) is 5.17 Å². The smallest absolute Gasteiger partial charge is 0.267 e. The Morgan fingerprint density at radius 1 is 0.811 bits per heavy atom. The van der Waals surface area contributed by atoms with Crippen molar-refractivity contribution in [3.05, 3.63) is 141 Å². The van der Waals surface area contributed by atoms with E-state index in [1.807, 2.05) is 109 Å². The summed E-state index contributed by atoms with van der Waals surface area (Å²) in [7, 11) is 0. The maximum Gasteiger partial charge on any atom is 0.267 e. The van der Waals surface area contributed by atoms with Crippen LogP contribution >= 0.6 is 23.4 Å². The summed E-state index contributed by atoms with van der Waals surface area (Å²) in [6.07, 6.45) is 1.85. The molecule has 0 spiro atoms. The maximum atomic E-state index is 13.6. The first-order chi connectivity index (χ1) is 18.2. The number of thioether (sulfide) groups is 1. The predicted octanol–water partition coefficient (Wildman–Crippen LogP) is 7.59. The van der Waals surface area contributed by atoms with Gasteiger partial charge in [0.1, 0.15) is 12.4 Å². The van der Waals surface area contributed by atoms with E-state index in [0.29, 0.717) is 40.5 Å². The first-order valence-electron chi connectivity index (χ1n) is 12.0. The van der Waals surface area contributed by atoms with Crippen LogP contribution in [0.1, 0.15) is 22.3 Å². The molecule has 1 saturated heterocycles. The fourth-order valence-electron chi connectivity index (χ4n) is 3.91. The third kappa shape index (κ3) is 6.50. The van der Waals surface area contributed by atoms with Crippen molar-refractivity contribution < 1.29 is 9.53 Å². The topological polar surface area (TPSA) is 41.9 Å². The maximum absolute atomic E-state index is 13.6. The average molecular weight is 525 g/mol. The van der Waals surface area contributed by atoms with Crippen LogP contribution in [-0.2, 0) is 24.5 Å². The summed E-state index contributed by atoms with van der Waals surface area (Å²) >= 11 is 7.71. The van der Waals surface area contributed by atoms with E-state index in [2.05, 4.69) is 0 Å². The highest BCUT2D eigenvalue weighted by Gasteiger charge is 2.33. The molecule has 0 saturated carbocycles. The highest BCUT2D eigenvalue weighted by molar-refractivity contribution is 8.18. The first kappa shape index (κ1) is 24.9. The Morgan fingerprint density at radius 3 is 2.11 bits per heavy atom. The minimum absolute atomic E-state index is 0.0883. The van der Waals surface area contributed by atoms with Crippen molar-refractivity contribution in [2.45, 2.75) is 19.7 Å². The molecule has 1 amide bonds. The molecule has 4 aromatic carbocycles. The number of benzene rings is 4. The third-order valence-electron chi connectivity index (χ3n) is 5.81. The predicted molar refractivity (Wildman–Crippen MR) is 152 cm³/mol. The molecule has 0 aliphatic carbocycles. The van der Waals surface area contributed by atoms with E-state index in [9.17, 15) is 4.79 Å². The number of rotatable bonds is 8. The molecule has 0 N–H and O–H groups in total. The van der Waals surface area contributed by atoms with E-state index in [1.54, 1.807) is 11.0 Å². The van der Waals surface area contributed by atoms with Gasteiger partial charge in [-0.1, -0.05) is 103 Å². The van der Waals surface area contributed by atoms with Gasteiger partial charge in [-0.2, -0.15) is 0 Å². The zero-order chi connectivity index (χ0) is 25.5. The second-order valence-electron chi connectivity index (χ2n) is 8.53. The lowest BCUT2D eigenvalue weighted by molar-refractivity contribution is -0.122. The molecule has 1 heterocycles. The normalized spacial score (nSPS) is 15.5. The average Bonchev–Trinajstić information content (AvgIpc) is 3.22. The van der Waals surface area contributed by atoms with Gasteiger partial charge in [0.05, 0.1) is 18.0 Å². The Hall–Kier alpha value is -3.80. The van der Waals surface area contributed by atoms with Crippen LogP contribution in [0.3, 0.4) is 0 Å². The van der Waals surface area contributed by atoms with Gasteiger partial charge in [-0.05, 0) is 52.7 Å². The van der Waals surface area contributed by atoms with E-state index >= 15 is 0 Å². The van der Waals surface area contributed by atoms with Crippen molar-refractivity contribution >= 4 is 40.5 Å². The van der Waals surface area contributed by atoms with Gasteiger partial charge in [-0.25, -0.2) is 0 Å². The van der Waals surface area contributed by atoms with Gasteiger partial charge in [0.25, 0.3) is 5.91 Å². The minimum atomic E-state index is -0.0883. The number of carbonyl (C=O) groups is 1. The molecule has 37 heavy (non-hydrogen) atoms. The number of hydrogen-bond donors (Lipinski definition) is 0. The van der Waals surface area contributed by atoms with Gasteiger partial charge in [-0.3, -0.25) is 14.7 Å². The quantitative estimate of drug-likeness (QED) is 0.223. The Balaban J connectivity index is 1.43. The number of hydrogen-bond acceptors (Lipinski definition) is 4. The monoisotopic (exact) mass is 524 g/mol. The van der Waals surface area contributed by atoms with E-state index in [-0.39, 0.29) is 5.91 Å². The molecule has 1 aliphatic rings. The minimum Gasteiger partial charge on any atom is -0.488 e. The number of halogens is 1. The summed E-state index contributed by atoms with van der Waals surface area (Å²) in [5, 5.41) is 1.26. The molecule has 6 heteroatoms. The van der Waals surface area contributed by atoms with Gasteiger partial charge >= 0.3 is 0 Å². The Morgan fingerprint density at radius 2 is 1.43 bits per heavy atom. The second-order valence-corrected chi connectivity index (χ2v) is 9.97. The number of amides is 1. The summed E-state index contributed by atoms with van der Waals surface area (Å²) in [6, 6.07) is 35.4. The SMILES string of the molecule is O=C1/C(=C\c2cc(Cl)ccc2OCc2ccccc2)SC(=NCc2ccccc2)N1Cc1ccccc1. The Kier molecular flexibility index (Phi) is 8.04. The van der Waals surface area contributed by atoms with Crippen LogP contribution in [0.15, 0.2) is 119 Å². The molecule has 4 aromatic rings. The second kappa shape index (κ2) is 12.0. The molecule has 0 bridgehead atoms. The van der Waals surface area contributed by atoms with Crippen LogP contribution in [0.4, 0.5) is 0 Å². The van der Waals surface area contributed by atoms with Crippen LogP contribution < -0.4 is 4.74 Å². The van der Waals surface area contributed by atoms with E-state index in [0.717, 1.165) is 22.3 Å². The molecule has 5 rings (SSSR count). The number of aliphatic imine (C=N–C) groups is 1. The fraction of sp³-hybridized carbons (Fsp3) is 0.0968. The van der Waals surface area contributed by atoms with Gasteiger partial charge in [-0.15, -0.1) is 0 Å². The number of amidine groups is 1. The van der Waals surface area contributed by atoms with Crippen LogP contribution in [-0.4, -0.2) is 16.0 Å². The zero-order valence-corrected chi connectivity index (χ0v) is 21.7. The van der Waals surface area contributed by atoms with Crippen molar-refractivity contribution in [2.75, 3.05) is 0 Å². The lowest BCUT2D eigenvalue weighted by atomic mass is 10.1. The molecule has 0 atom stereocenters. The fourth-order valence-corrected chi connectivity index (χ4v) is 5.06. The largest absolute Gasteiger partial charge is 0.488 e. The van der Waals surface area contributed by atoms with Crippen molar-refractivity contribution in [1.82, 2.24) is 4.90 Å². The lowest BCUT2D eigenvalue weighted by Gasteiger charge is -2.15. The van der Waals surface area contributed by atoms with Crippen molar-refractivity contribution in [3.63, 3.8) is 0 Å². The summed E-state index contributed by atoms with van der Waals surface area (Å²) in [4.78, 5) is 20.7. The molecule has 1 fully saturated rings. The summed E-state index contributed by atoms with van der Waals surface area (Å²) < 4.78 is 6.11. The third-order valence-corrected chi connectivity index (χ3v) is 7.09. The van der Waals surface area contributed by atoms with Crippen molar-refractivity contribution in [3.8, 4) is 5.75 Å². The van der Waals surface area contributed by atoms with Crippen LogP contribution in [0.2, 0.25) is 5.02 Å². The molecule has 4 nitrogen and oxygen atoms in total. The molecule has 0 aromatic heterocycles. The van der Waals surface area contributed by atoms with Crippen molar-refractivity contribution in [1.29, 1.82) is 0 Å². The molecule has 0 unspecified atom stereocenters. The van der Waals surface area contributed by atoms with E-state index in [1.165, 1.54) is 11.8 Å². The molecule has 0 radical (unpaired) electrons. The summed E-state index contributed by atoms with van der Waals surface area (Å²) in [6.45, 7) is 1.37. The Labute approximate surface area is 226 Å². The van der Waals surface area contributed by atoms with E-state index < -0.39 is 0 Å². The summed E-state index contributed by atoms with van der Waals surface area (Å²) in [5.41, 5.74) is 3.95. The Bertz CT molecular complexity index is 1420. The van der Waals surface area contributed by atoms with Gasteiger partial charge in [0.2, 0.25) is 0 Å². The van der Waals surface area contributed by atoms with Crippen molar-refractivity contribution in [2.24, 2.45) is 4.99 Å². The molecule has 184 valence electrons. The molecule has 1 aliphatic heterocycles. The van der Waals surface area contributed by atoms with E-state index in [4.69, 9.17) is 21.3 Å². The number of carbonyl (C=O) groups excluding carboxylic acids is 1. The number of ether oxygens (including phenoxy) is 1.